The Balaban J connectivity index is 3.31. The zero-order valence-corrected chi connectivity index (χ0v) is 8.23. The summed E-state index contributed by atoms with van der Waals surface area (Å²) >= 11 is 0. The molecule has 0 unspecified atom stereocenters. The molecule has 0 spiro atoms. The summed E-state index contributed by atoms with van der Waals surface area (Å²) in [5.74, 6) is -5.06. The largest absolute Gasteiger partial charge is 0.493 e. The number of ketones is 1. The number of hydrogen-bond acceptors (Lipinski definition) is 2. The van der Waals surface area contributed by atoms with Crippen LogP contribution >= 0.6 is 0 Å². The van der Waals surface area contributed by atoms with E-state index in [4.69, 9.17) is 0 Å². The summed E-state index contributed by atoms with van der Waals surface area (Å²) in [4.78, 5) is 10.8. The van der Waals surface area contributed by atoms with Gasteiger partial charge in [-0.25, -0.2) is 8.78 Å². The molecule has 0 aliphatic heterocycles. The van der Waals surface area contributed by atoms with E-state index >= 15 is 0 Å². The van der Waals surface area contributed by atoms with Crippen LogP contribution < -0.4 is 4.74 Å². The molecule has 15 heavy (non-hydrogen) atoms. The number of carbonyl (C=O) groups is 1. The average molecular weight is 218 g/mol. The van der Waals surface area contributed by atoms with Gasteiger partial charge in [-0.1, -0.05) is 0 Å². The molecule has 0 saturated carbocycles. The predicted molar refractivity (Wildman–Crippen MR) is 47.3 cm³/mol. The van der Waals surface area contributed by atoms with E-state index in [9.17, 15) is 18.0 Å². The molecule has 0 fully saturated rings. The zero-order chi connectivity index (χ0) is 11.6. The van der Waals surface area contributed by atoms with Gasteiger partial charge in [0.05, 0.1) is 7.11 Å². The molecule has 82 valence electrons. The van der Waals surface area contributed by atoms with Gasteiger partial charge in [0.15, 0.2) is 17.4 Å². The van der Waals surface area contributed by atoms with Crippen LogP contribution in [0.4, 0.5) is 13.2 Å². The summed E-state index contributed by atoms with van der Waals surface area (Å²) in [5.41, 5.74) is 0.00130. The fraction of sp³-hybridized carbons (Fsp3) is 0.300. The fourth-order valence-electron chi connectivity index (χ4n) is 1.25. The van der Waals surface area contributed by atoms with Gasteiger partial charge in [0.1, 0.15) is 5.78 Å². The number of rotatable bonds is 3. The zero-order valence-electron chi connectivity index (χ0n) is 8.23. The van der Waals surface area contributed by atoms with E-state index in [-0.39, 0.29) is 17.8 Å². The van der Waals surface area contributed by atoms with Gasteiger partial charge in [-0.2, -0.15) is 4.39 Å². The van der Waals surface area contributed by atoms with Crippen molar-refractivity contribution in [2.24, 2.45) is 0 Å². The Labute approximate surface area is 84.7 Å². The first kappa shape index (κ1) is 11.6. The molecule has 0 aromatic heterocycles. The molecule has 0 aliphatic carbocycles. The highest BCUT2D eigenvalue weighted by atomic mass is 19.2. The Morgan fingerprint density at radius 2 is 1.93 bits per heavy atom. The molecule has 0 N–H and O–H groups in total. The lowest BCUT2D eigenvalue weighted by Crippen LogP contribution is -2.05. The van der Waals surface area contributed by atoms with Crippen LogP contribution in [0.3, 0.4) is 0 Å². The molecule has 1 rings (SSSR count). The molecular formula is C10H9F3O2. The van der Waals surface area contributed by atoms with Gasteiger partial charge in [0.2, 0.25) is 5.82 Å². The molecular weight excluding hydrogens is 209 g/mol. The maximum Gasteiger partial charge on any atom is 0.203 e. The van der Waals surface area contributed by atoms with Gasteiger partial charge in [-0.3, -0.25) is 4.79 Å². The number of ether oxygens (including phenoxy) is 1. The molecule has 0 bridgehead atoms. The number of Topliss-reactive ketones (excluding diaryl/α,β-unsaturated/α-hetero) is 1. The second kappa shape index (κ2) is 4.33. The average Bonchev–Trinajstić information content (AvgIpc) is 2.14. The highest BCUT2D eigenvalue weighted by Gasteiger charge is 2.19. The fourth-order valence-corrected chi connectivity index (χ4v) is 1.25. The number of methoxy groups -OCH3 is 1. The lowest BCUT2D eigenvalue weighted by molar-refractivity contribution is -0.116. The number of benzene rings is 1. The monoisotopic (exact) mass is 218 g/mol. The molecule has 2 nitrogen and oxygen atoms in total. The molecule has 0 radical (unpaired) electrons. The van der Waals surface area contributed by atoms with E-state index in [1.54, 1.807) is 0 Å². The Morgan fingerprint density at radius 1 is 1.33 bits per heavy atom. The number of halogens is 3. The molecule has 0 saturated heterocycles. The summed E-state index contributed by atoms with van der Waals surface area (Å²) in [6.45, 7) is 1.26. The van der Waals surface area contributed by atoms with Crippen LogP contribution in [-0.2, 0) is 11.2 Å². The minimum atomic E-state index is -1.60. The Kier molecular flexibility index (Phi) is 3.34. The van der Waals surface area contributed by atoms with E-state index in [0.29, 0.717) is 0 Å². The predicted octanol–water partition coefficient (Wildman–Crippen LogP) is 2.24. The molecule has 0 aliphatic rings. The molecule has 1 aromatic carbocycles. The van der Waals surface area contributed by atoms with Gasteiger partial charge in [-0.05, 0) is 13.0 Å². The Hall–Kier alpha value is -1.52. The van der Waals surface area contributed by atoms with Crippen molar-refractivity contribution in [3.05, 3.63) is 29.1 Å². The van der Waals surface area contributed by atoms with E-state index in [1.807, 2.05) is 0 Å². The maximum atomic E-state index is 13.1. The van der Waals surface area contributed by atoms with Crippen LogP contribution in [0.5, 0.6) is 5.75 Å². The van der Waals surface area contributed by atoms with Gasteiger partial charge in [0, 0.05) is 12.0 Å². The van der Waals surface area contributed by atoms with Gasteiger partial charge < -0.3 is 4.74 Å². The summed E-state index contributed by atoms with van der Waals surface area (Å²) in [6.07, 6.45) is -0.197. The van der Waals surface area contributed by atoms with Crippen LogP contribution in [0.2, 0.25) is 0 Å². The van der Waals surface area contributed by atoms with E-state index in [2.05, 4.69) is 4.74 Å². The first-order valence-corrected chi connectivity index (χ1v) is 4.17. The smallest absolute Gasteiger partial charge is 0.203 e. The third-order valence-electron chi connectivity index (χ3n) is 1.84. The Morgan fingerprint density at radius 3 is 2.40 bits per heavy atom. The molecule has 0 heterocycles. The van der Waals surface area contributed by atoms with E-state index in [0.717, 1.165) is 13.2 Å². The van der Waals surface area contributed by atoms with E-state index in [1.165, 1.54) is 6.92 Å². The van der Waals surface area contributed by atoms with Gasteiger partial charge >= 0.3 is 0 Å². The second-order valence-corrected chi connectivity index (χ2v) is 3.06. The first-order valence-electron chi connectivity index (χ1n) is 4.17. The highest BCUT2D eigenvalue weighted by molar-refractivity contribution is 5.79. The first-order chi connectivity index (χ1) is 6.97. The van der Waals surface area contributed by atoms with Crippen molar-refractivity contribution in [2.45, 2.75) is 13.3 Å². The topological polar surface area (TPSA) is 26.3 Å². The van der Waals surface area contributed by atoms with Crippen molar-refractivity contribution < 1.29 is 22.7 Å². The second-order valence-electron chi connectivity index (χ2n) is 3.06. The number of carbonyl (C=O) groups excluding carboxylic acids is 1. The molecule has 0 amide bonds. The van der Waals surface area contributed by atoms with Crippen molar-refractivity contribution in [3.63, 3.8) is 0 Å². The van der Waals surface area contributed by atoms with E-state index < -0.39 is 23.2 Å². The van der Waals surface area contributed by atoms with Crippen molar-refractivity contribution >= 4 is 5.78 Å². The molecule has 1 aromatic rings. The van der Waals surface area contributed by atoms with Crippen LogP contribution in [0.15, 0.2) is 6.07 Å². The van der Waals surface area contributed by atoms with Crippen molar-refractivity contribution in [1.82, 2.24) is 0 Å². The van der Waals surface area contributed by atoms with Crippen LogP contribution in [0, 0.1) is 17.5 Å². The molecule has 0 atom stereocenters. The van der Waals surface area contributed by atoms with Crippen molar-refractivity contribution in [1.29, 1.82) is 0 Å². The standard InChI is InChI=1S/C10H9F3O2/c1-5(14)3-6-4-7(11)8(12)9(13)10(6)15-2/h4H,3H2,1-2H3. The van der Waals surface area contributed by atoms with Crippen LogP contribution in [-0.4, -0.2) is 12.9 Å². The van der Waals surface area contributed by atoms with Gasteiger partial charge in [-0.15, -0.1) is 0 Å². The third-order valence-corrected chi connectivity index (χ3v) is 1.84. The summed E-state index contributed by atoms with van der Waals surface area (Å²) < 4.78 is 43.3. The summed E-state index contributed by atoms with van der Waals surface area (Å²) in [5, 5.41) is 0. The number of hydrogen-bond donors (Lipinski definition) is 0. The SMILES string of the molecule is COc1c(CC(C)=O)cc(F)c(F)c1F. The normalized spacial score (nSPS) is 10.2. The van der Waals surface area contributed by atoms with Crippen LogP contribution in [0.1, 0.15) is 12.5 Å². The maximum absolute atomic E-state index is 13.1. The minimum absolute atomic E-state index is 0.00130. The summed E-state index contributed by atoms with van der Waals surface area (Å²) in [6, 6.07) is 0.763. The van der Waals surface area contributed by atoms with Crippen LogP contribution in [0.25, 0.3) is 0 Å². The lowest BCUT2D eigenvalue weighted by Gasteiger charge is -2.09. The Bertz CT molecular complexity index is 402. The third kappa shape index (κ3) is 2.29. The van der Waals surface area contributed by atoms with Crippen molar-refractivity contribution in [2.75, 3.05) is 7.11 Å². The minimum Gasteiger partial charge on any atom is -0.493 e. The molecule has 5 heteroatoms. The lowest BCUT2D eigenvalue weighted by atomic mass is 10.1. The highest BCUT2D eigenvalue weighted by Crippen LogP contribution is 2.27. The van der Waals surface area contributed by atoms with Gasteiger partial charge in [0.25, 0.3) is 0 Å². The van der Waals surface area contributed by atoms with Crippen molar-refractivity contribution in [3.8, 4) is 5.75 Å². The summed E-state index contributed by atoms with van der Waals surface area (Å²) in [7, 11) is 1.12. The quantitative estimate of drug-likeness (QED) is 0.727.